The Balaban J connectivity index is 1.91. The lowest BCUT2D eigenvalue weighted by Crippen LogP contribution is -2.00. The van der Waals surface area contributed by atoms with Gasteiger partial charge in [-0.2, -0.15) is 0 Å². The Morgan fingerprint density at radius 2 is 0.545 bits per heavy atom. The van der Waals surface area contributed by atoms with Crippen LogP contribution in [0.15, 0.2) is 54.6 Å². The highest BCUT2D eigenvalue weighted by Gasteiger charge is 2.15. The van der Waals surface area contributed by atoms with Gasteiger partial charge in [0.25, 0.3) is 0 Å². The van der Waals surface area contributed by atoms with Crippen LogP contribution in [-0.2, 0) is 0 Å². The first-order chi connectivity index (χ1) is 15.5. The highest BCUT2D eigenvalue weighted by molar-refractivity contribution is 5.81. The summed E-state index contributed by atoms with van der Waals surface area (Å²) in [5.74, 6) is 0. The maximum atomic E-state index is 2.39. The second-order valence-electron chi connectivity index (χ2n) is 10.1. The summed E-state index contributed by atoms with van der Waals surface area (Å²) in [7, 11) is 0. The molecule has 168 valence electrons. The quantitative estimate of drug-likeness (QED) is 0.302. The van der Waals surface area contributed by atoms with Gasteiger partial charge in [0.15, 0.2) is 0 Å². The van der Waals surface area contributed by atoms with Gasteiger partial charge in [-0.15, -0.1) is 0 Å². The van der Waals surface area contributed by atoms with Crippen LogP contribution < -0.4 is 0 Å². The van der Waals surface area contributed by atoms with Crippen LogP contribution in [0.1, 0.15) is 50.1 Å². The van der Waals surface area contributed by atoms with Gasteiger partial charge in [0.2, 0.25) is 0 Å². The lowest BCUT2D eigenvalue weighted by atomic mass is 9.85. The Hall–Kier alpha value is -3.12. The van der Waals surface area contributed by atoms with E-state index in [4.69, 9.17) is 0 Å². The molecule has 4 rings (SSSR count). The molecule has 0 saturated heterocycles. The van der Waals surface area contributed by atoms with E-state index in [1.54, 1.807) is 0 Å². The first-order valence-corrected chi connectivity index (χ1v) is 11.9. The van der Waals surface area contributed by atoms with Crippen LogP contribution in [0.5, 0.6) is 0 Å². The van der Waals surface area contributed by atoms with E-state index in [2.05, 4.69) is 117 Å². The van der Waals surface area contributed by atoms with Gasteiger partial charge in [-0.1, -0.05) is 53.6 Å². The Morgan fingerprint density at radius 3 is 0.970 bits per heavy atom. The summed E-state index contributed by atoms with van der Waals surface area (Å²) in [6, 6.07) is 20.8. The molecule has 4 aromatic rings. The third-order valence-electron chi connectivity index (χ3n) is 7.33. The molecule has 0 heterocycles. The first kappa shape index (κ1) is 23.1. The summed E-state index contributed by atoms with van der Waals surface area (Å²) in [4.78, 5) is 0. The normalized spacial score (nSPS) is 11.2. The molecule has 0 spiro atoms. The minimum Gasteiger partial charge on any atom is -0.0563 e. The fourth-order valence-electron chi connectivity index (χ4n) is 5.28. The fraction of sp³-hybridized carbons (Fsp3) is 0.273. The topological polar surface area (TPSA) is 0 Å². The maximum absolute atomic E-state index is 2.39. The predicted octanol–water partition coefficient (Wildman–Crippen LogP) is 9.46. The number of rotatable bonds is 3. The predicted molar refractivity (Wildman–Crippen MR) is 145 cm³/mol. The van der Waals surface area contributed by atoms with Crippen molar-refractivity contribution in [1.29, 1.82) is 0 Å². The Morgan fingerprint density at radius 1 is 0.273 bits per heavy atom. The van der Waals surface area contributed by atoms with Crippen molar-refractivity contribution >= 4 is 0 Å². The molecule has 0 bridgehead atoms. The van der Waals surface area contributed by atoms with E-state index in [1.807, 2.05) is 0 Å². The molecule has 0 nitrogen and oxygen atoms in total. The molecule has 0 saturated carbocycles. The van der Waals surface area contributed by atoms with Crippen LogP contribution in [-0.4, -0.2) is 0 Å². The Kier molecular flexibility index (Phi) is 6.06. The van der Waals surface area contributed by atoms with Gasteiger partial charge in [-0.05, 0) is 147 Å². The number of hydrogen-bond donors (Lipinski definition) is 0. The molecule has 0 N–H and O–H groups in total. The van der Waals surface area contributed by atoms with Crippen molar-refractivity contribution in [3.8, 4) is 33.4 Å². The van der Waals surface area contributed by atoms with Gasteiger partial charge in [0, 0.05) is 0 Å². The van der Waals surface area contributed by atoms with Gasteiger partial charge in [0.1, 0.15) is 0 Å². The third kappa shape index (κ3) is 4.40. The number of benzene rings is 4. The molecule has 0 radical (unpaired) electrons. The summed E-state index contributed by atoms with van der Waals surface area (Å²) in [6.45, 7) is 20.1. The summed E-state index contributed by atoms with van der Waals surface area (Å²) in [6.07, 6.45) is 0. The van der Waals surface area contributed by atoms with E-state index >= 15 is 0 Å². The monoisotopic (exact) mass is 432 g/mol. The lowest BCUT2D eigenvalue weighted by Gasteiger charge is -2.20. The molecule has 0 aliphatic heterocycles. The SMILES string of the molecule is Cc1cc(C)cc(-c2cc(C)cc(-c3cc(C)cc(-c4c(C)c(C)c(C)c(C)c4C)c3)c2)c1. The highest BCUT2D eigenvalue weighted by Crippen LogP contribution is 2.37. The lowest BCUT2D eigenvalue weighted by molar-refractivity contribution is 1.18. The zero-order valence-electron chi connectivity index (χ0n) is 21.7. The van der Waals surface area contributed by atoms with Crippen molar-refractivity contribution in [3.05, 3.63) is 105 Å². The fourth-order valence-corrected chi connectivity index (χ4v) is 5.28. The van der Waals surface area contributed by atoms with Crippen molar-refractivity contribution in [3.63, 3.8) is 0 Å². The van der Waals surface area contributed by atoms with Crippen molar-refractivity contribution < 1.29 is 0 Å². The summed E-state index contributed by atoms with van der Waals surface area (Å²) in [5.41, 5.74) is 20.1. The molecule has 0 amide bonds. The van der Waals surface area contributed by atoms with E-state index in [0.717, 1.165) is 0 Å². The van der Waals surface area contributed by atoms with Gasteiger partial charge in [-0.3, -0.25) is 0 Å². The molecule has 0 heteroatoms. The Bertz CT molecular complexity index is 1330. The van der Waals surface area contributed by atoms with Gasteiger partial charge in [-0.25, -0.2) is 0 Å². The van der Waals surface area contributed by atoms with Crippen LogP contribution >= 0.6 is 0 Å². The molecule has 33 heavy (non-hydrogen) atoms. The largest absolute Gasteiger partial charge is 0.0563 e. The Labute approximate surface area is 200 Å². The molecule has 0 unspecified atom stereocenters. The van der Waals surface area contributed by atoms with Crippen LogP contribution in [0, 0.1) is 62.3 Å². The van der Waals surface area contributed by atoms with Crippen LogP contribution in [0.3, 0.4) is 0 Å². The smallest absolute Gasteiger partial charge is 0.0120 e. The number of hydrogen-bond acceptors (Lipinski definition) is 0. The minimum atomic E-state index is 1.28. The van der Waals surface area contributed by atoms with Crippen molar-refractivity contribution in [2.45, 2.75) is 62.3 Å². The molecule has 0 aromatic heterocycles. The molecule has 0 aliphatic rings. The van der Waals surface area contributed by atoms with E-state index in [9.17, 15) is 0 Å². The summed E-state index contributed by atoms with van der Waals surface area (Å²) < 4.78 is 0. The summed E-state index contributed by atoms with van der Waals surface area (Å²) >= 11 is 0. The van der Waals surface area contributed by atoms with Crippen LogP contribution in [0.4, 0.5) is 0 Å². The summed E-state index contributed by atoms with van der Waals surface area (Å²) in [5, 5.41) is 0. The van der Waals surface area contributed by atoms with Crippen molar-refractivity contribution in [2.75, 3.05) is 0 Å². The van der Waals surface area contributed by atoms with E-state index < -0.39 is 0 Å². The molecular formula is C33H36. The second kappa shape index (κ2) is 8.67. The van der Waals surface area contributed by atoms with Crippen LogP contribution in [0.2, 0.25) is 0 Å². The van der Waals surface area contributed by atoms with Crippen LogP contribution in [0.25, 0.3) is 33.4 Å². The zero-order valence-corrected chi connectivity index (χ0v) is 21.7. The van der Waals surface area contributed by atoms with Crippen molar-refractivity contribution in [2.24, 2.45) is 0 Å². The molecule has 0 atom stereocenters. The van der Waals surface area contributed by atoms with Gasteiger partial charge in [0.05, 0.1) is 0 Å². The van der Waals surface area contributed by atoms with E-state index in [1.165, 1.54) is 83.5 Å². The van der Waals surface area contributed by atoms with Crippen molar-refractivity contribution in [1.82, 2.24) is 0 Å². The molecule has 4 aromatic carbocycles. The first-order valence-electron chi connectivity index (χ1n) is 11.9. The third-order valence-corrected chi connectivity index (χ3v) is 7.33. The highest BCUT2D eigenvalue weighted by atomic mass is 14.2. The van der Waals surface area contributed by atoms with Gasteiger partial charge < -0.3 is 0 Å². The number of aryl methyl sites for hydroxylation is 4. The maximum Gasteiger partial charge on any atom is -0.0120 e. The van der Waals surface area contributed by atoms with E-state index in [0.29, 0.717) is 0 Å². The molecular weight excluding hydrogens is 396 g/mol. The van der Waals surface area contributed by atoms with Gasteiger partial charge >= 0.3 is 0 Å². The second-order valence-corrected chi connectivity index (χ2v) is 10.1. The minimum absolute atomic E-state index is 1.28. The molecule has 0 fully saturated rings. The average molecular weight is 433 g/mol. The zero-order chi connectivity index (χ0) is 24.0. The average Bonchev–Trinajstić information content (AvgIpc) is 2.75. The standard InChI is InChI=1S/C33H36/c1-19-10-20(2)12-28(11-19)29-13-21(3)14-30(17-29)31-15-22(4)16-32(18-31)33-26(8)24(6)23(5)25(7)27(33)9/h10-18H,1-9H3. The molecule has 0 aliphatic carbocycles. The van der Waals surface area contributed by atoms with E-state index in [-0.39, 0.29) is 0 Å².